The number of rotatable bonds is 7. The lowest BCUT2D eigenvalue weighted by Crippen LogP contribution is -2.34. The first-order valence-corrected chi connectivity index (χ1v) is 11.0. The van der Waals surface area contributed by atoms with Gasteiger partial charge in [-0.2, -0.15) is 0 Å². The van der Waals surface area contributed by atoms with E-state index >= 15 is 0 Å². The molecule has 3 nitrogen and oxygen atoms in total. The molecule has 4 rings (SSSR count). The number of carbonyl (C=O) groups excluding carboxylic acids is 1. The predicted molar refractivity (Wildman–Crippen MR) is 129 cm³/mol. The number of aromatic nitrogens is 1. The third-order valence-electron chi connectivity index (χ3n) is 5.47. The topological polar surface area (TPSA) is 25.2 Å². The van der Waals surface area contributed by atoms with Gasteiger partial charge >= 0.3 is 0 Å². The average molecular weight is 431 g/mol. The maximum atomic E-state index is 13.6. The van der Waals surface area contributed by atoms with Gasteiger partial charge in [-0.25, -0.2) is 0 Å². The van der Waals surface area contributed by atoms with Crippen LogP contribution in [0.4, 0.5) is 0 Å². The van der Waals surface area contributed by atoms with Crippen molar-refractivity contribution in [3.63, 3.8) is 0 Å². The van der Waals surface area contributed by atoms with E-state index in [-0.39, 0.29) is 5.91 Å². The summed E-state index contributed by atoms with van der Waals surface area (Å²) in [5, 5.41) is 2.84. The molecule has 158 valence electrons. The molecular weight excluding hydrogens is 404 g/mol. The van der Waals surface area contributed by atoms with Gasteiger partial charge in [-0.3, -0.25) is 4.79 Å². The molecule has 4 aromatic rings. The molecule has 0 saturated heterocycles. The monoisotopic (exact) mass is 430 g/mol. The van der Waals surface area contributed by atoms with Gasteiger partial charge in [-0.1, -0.05) is 80.0 Å². The quantitative estimate of drug-likeness (QED) is 0.322. The van der Waals surface area contributed by atoms with Crippen LogP contribution >= 0.6 is 11.6 Å². The third kappa shape index (κ3) is 4.83. The van der Waals surface area contributed by atoms with Crippen molar-refractivity contribution in [1.29, 1.82) is 0 Å². The van der Waals surface area contributed by atoms with Gasteiger partial charge in [0.1, 0.15) is 0 Å². The third-order valence-corrected chi connectivity index (χ3v) is 5.84. The van der Waals surface area contributed by atoms with E-state index in [1.807, 2.05) is 77.7 Å². The van der Waals surface area contributed by atoms with Crippen molar-refractivity contribution in [3.05, 3.63) is 107 Å². The van der Waals surface area contributed by atoms with Crippen molar-refractivity contribution >= 4 is 28.3 Å². The molecule has 0 bridgehead atoms. The lowest BCUT2D eigenvalue weighted by Gasteiger charge is -2.26. The van der Waals surface area contributed by atoms with Gasteiger partial charge in [-0.05, 0) is 46.5 Å². The van der Waals surface area contributed by atoms with Gasteiger partial charge in [0.25, 0.3) is 5.91 Å². The van der Waals surface area contributed by atoms with Crippen LogP contribution in [0, 0.1) is 5.92 Å². The van der Waals surface area contributed by atoms with Crippen molar-refractivity contribution in [2.45, 2.75) is 26.9 Å². The molecule has 1 heterocycles. The highest BCUT2D eigenvalue weighted by Gasteiger charge is 2.20. The molecule has 0 aliphatic carbocycles. The summed E-state index contributed by atoms with van der Waals surface area (Å²) in [6.07, 6.45) is 2.05. The Labute approximate surface area is 188 Å². The van der Waals surface area contributed by atoms with Gasteiger partial charge in [0.05, 0.1) is 6.54 Å². The number of amides is 1. The lowest BCUT2D eigenvalue weighted by molar-refractivity contribution is 0.0721. The van der Waals surface area contributed by atoms with E-state index in [2.05, 4.69) is 30.7 Å². The number of hydrogen-bond donors (Lipinski definition) is 0. The molecule has 0 saturated carbocycles. The first-order valence-electron chi connectivity index (χ1n) is 10.7. The van der Waals surface area contributed by atoms with Gasteiger partial charge in [0.15, 0.2) is 0 Å². The summed E-state index contributed by atoms with van der Waals surface area (Å²) in [6, 6.07) is 26.0. The fourth-order valence-corrected chi connectivity index (χ4v) is 4.19. The van der Waals surface area contributed by atoms with Crippen LogP contribution in [0.2, 0.25) is 5.02 Å². The molecule has 3 aromatic carbocycles. The molecule has 4 heteroatoms. The van der Waals surface area contributed by atoms with E-state index in [0.29, 0.717) is 25.6 Å². The number of hydrogen-bond acceptors (Lipinski definition) is 1. The van der Waals surface area contributed by atoms with Crippen LogP contribution in [0.1, 0.15) is 35.5 Å². The van der Waals surface area contributed by atoms with Crippen LogP contribution < -0.4 is 0 Å². The summed E-state index contributed by atoms with van der Waals surface area (Å²) < 4.78 is 2.17. The SMILES string of the molecule is CC(C)CN(Cc1cccn1Cc1ccccc1Cl)C(=O)c1cccc2ccccc12. The zero-order chi connectivity index (χ0) is 21.8. The number of carbonyl (C=O) groups is 1. The Morgan fingerprint density at radius 1 is 0.935 bits per heavy atom. The standard InChI is InChI=1S/C27H27ClN2O/c1-20(2)17-30(27(31)25-14-7-11-21-9-3-5-13-24(21)25)19-23-12-8-16-29(23)18-22-10-4-6-15-26(22)28/h3-16,20H,17-19H2,1-2H3. The lowest BCUT2D eigenvalue weighted by atomic mass is 10.0. The molecule has 0 N–H and O–H groups in total. The maximum Gasteiger partial charge on any atom is 0.254 e. The van der Waals surface area contributed by atoms with Crippen LogP contribution in [-0.2, 0) is 13.1 Å². The highest BCUT2D eigenvalue weighted by atomic mass is 35.5. The normalized spacial score (nSPS) is 11.2. The summed E-state index contributed by atoms with van der Waals surface area (Å²) in [5.41, 5.74) is 2.91. The smallest absolute Gasteiger partial charge is 0.254 e. The molecule has 0 unspecified atom stereocenters. The molecule has 1 amide bonds. The van der Waals surface area contributed by atoms with Crippen molar-refractivity contribution in [1.82, 2.24) is 9.47 Å². The van der Waals surface area contributed by atoms with E-state index in [1.54, 1.807) is 0 Å². The van der Waals surface area contributed by atoms with E-state index < -0.39 is 0 Å². The Balaban J connectivity index is 1.63. The van der Waals surface area contributed by atoms with Crippen molar-refractivity contribution < 1.29 is 4.79 Å². The van der Waals surface area contributed by atoms with E-state index in [4.69, 9.17) is 11.6 Å². The molecule has 0 spiro atoms. The fourth-order valence-electron chi connectivity index (χ4n) is 4.00. The Morgan fingerprint density at radius 2 is 1.68 bits per heavy atom. The fraction of sp³-hybridized carbons (Fsp3) is 0.222. The molecule has 0 radical (unpaired) electrons. The summed E-state index contributed by atoms with van der Waals surface area (Å²) >= 11 is 6.38. The van der Waals surface area contributed by atoms with E-state index in [0.717, 1.165) is 32.6 Å². The Bertz CT molecular complexity index is 1190. The van der Waals surface area contributed by atoms with Gasteiger partial charge < -0.3 is 9.47 Å². The minimum absolute atomic E-state index is 0.0657. The summed E-state index contributed by atoms with van der Waals surface area (Å²) in [7, 11) is 0. The molecule has 0 atom stereocenters. The Hall–Kier alpha value is -3.04. The molecule has 1 aromatic heterocycles. The van der Waals surface area contributed by atoms with E-state index in [1.165, 1.54) is 0 Å². The minimum Gasteiger partial charge on any atom is -0.345 e. The number of nitrogens with zero attached hydrogens (tertiary/aromatic N) is 2. The first kappa shape index (κ1) is 21.2. The minimum atomic E-state index is 0.0657. The molecular formula is C27H27ClN2O. The highest BCUT2D eigenvalue weighted by Crippen LogP contribution is 2.23. The van der Waals surface area contributed by atoms with Crippen LogP contribution in [0.5, 0.6) is 0 Å². The van der Waals surface area contributed by atoms with Crippen molar-refractivity contribution in [2.75, 3.05) is 6.54 Å². The second kappa shape index (κ2) is 9.40. The van der Waals surface area contributed by atoms with Crippen LogP contribution in [0.25, 0.3) is 10.8 Å². The largest absolute Gasteiger partial charge is 0.345 e. The Morgan fingerprint density at radius 3 is 2.48 bits per heavy atom. The zero-order valence-electron chi connectivity index (χ0n) is 18.0. The maximum absolute atomic E-state index is 13.6. The first-order chi connectivity index (χ1) is 15.0. The molecule has 0 fully saturated rings. The average Bonchev–Trinajstić information content (AvgIpc) is 3.20. The second-order valence-electron chi connectivity index (χ2n) is 8.33. The predicted octanol–water partition coefficient (Wildman–Crippen LogP) is 6.64. The van der Waals surface area contributed by atoms with Crippen molar-refractivity contribution in [3.8, 4) is 0 Å². The van der Waals surface area contributed by atoms with E-state index in [9.17, 15) is 4.79 Å². The molecule has 31 heavy (non-hydrogen) atoms. The highest BCUT2D eigenvalue weighted by molar-refractivity contribution is 6.31. The van der Waals surface area contributed by atoms with Gasteiger partial charge in [-0.15, -0.1) is 0 Å². The molecule has 0 aliphatic heterocycles. The van der Waals surface area contributed by atoms with Crippen molar-refractivity contribution in [2.24, 2.45) is 5.92 Å². The Kier molecular flexibility index (Phi) is 6.43. The van der Waals surface area contributed by atoms with Crippen LogP contribution in [-0.4, -0.2) is 21.9 Å². The second-order valence-corrected chi connectivity index (χ2v) is 8.73. The summed E-state index contributed by atoms with van der Waals surface area (Å²) in [6.45, 7) is 6.22. The van der Waals surface area contributed by atoms with Gasteiger partial charge in [0, 0.05) is 35.6 Å². The number of benzene rings is 3. The number of fused-ring (bicyclic) bond motifs is 1. The summed E-state index contributed by atoms with van der Waals surface area (Å²) in [4.78, 5) is 15.6. The zero-order valence-corrected chi connectivity index (χ0v) is 18.7. The molecule has 0 aliphatic rings. The van der Waals surface area contributed by atoms with Crippen LogP contribution in [0.3, 0.4) is 0 Å². The van der Waals surface area contributed by atoms with Crippen LogP contribution in [0.15, 0.2) is 85.1 Å². The number of halogens is 1. The van der Waals surface area contributed by atoms with Gasteiger partial charge in [0.2, 0.25) is 0 Å². The summed E-state index contributed by atoms with van der Waals surface area (Å²) in [5.74, 6) is 0.432.